The van der Waals surface area contributed by atoms with E-state index in [1.54, 1.807) is 30.3 Å². The molecular formula is C17H17Cl2FO. The predicted octanol–water partition coefficient (Wildman–Crippen LogP) is 5.01. The minimum Gasteiger partial charge on any atom is -0.392 e. The second kappa shape index (κ2) is 6.35. The number of benzene rings is 2. The van der Waals surface area contributed by atoms with Gasteiger partial charge in [0.05, 0.1) is 6.10 Å². The minimum absolute atomic E-state index is 0.293. The Morgan fingerprint density at radius 2 is 1.57 bits per heavy atom. The molecule has 2 aromatic carbocycles. The molecule has 21 heavy (non-hydrogen) atoms. The van der Waals surface area contributed by atoms with Gasteiger partial charge in [0.15, 0.2) is 0 Å². The van der Waals surface area contributed by atoms with E-state index >= 15 is 0 Å². The van der Waals surface area contributed by atoms with Crippen LogP contribution in [-0.4, -0.2) is 11.2 Å². The van der Waals surface area contributed by atoms with E-state index in [1.807, 2.05) is 13.8 Å². The van der Waals surface area contributed by atoms with Gasteiger partial charge in [-0.15, -0.1) is 0 Å². The zero-order valence-corrected chi connectivity index (χ0v) is 13.4. The molecule has 1 unspecified atom stereocenters. The Morgan fingerprint density at radius 1 is 1.05 bits per heavy atom. The van der Waals surface area contributed by atoms with Gasteiger partial charge in [-0.25, -0.2) is 4.39 Å². The van der Waals surface area contributed by atoms with E-state index in [1.165, 1.54) is 12.1 Å². The van der Waals surface area contributed by atoms with Gasteiger partial charge in [-0.2, -0.15) is 0 Å². The van der Waals surface area contributed by atoms with Gasteiger partial charge in [0.2, 0.25) is 0 Å². The highest BCUT2D eigenvalue weighted by atomic mass is 35.5. The first-order valence-corrected chi connectivity index (χ1v) is 7.45. The summed E-state index contributed by atoms with van der Waals surface area (Å²) in [5.41, 5.74) is 1.04. The van der Waals surface area contributed by atoms with Crippen molar-refractivity contribution in [2.75, 3.05) is 0 Å². The van der Waals surface area contributed by atoms with Crippen molar-refractivity contribution >= 4 is 23.2 Å². The second-order valence-corrected chi connectivity index (χ2v) is 6.46. The molecule has 0 aliphatic heterocycles. The van der Waals surface area contributed by atoms with Crippen LogP contribution >= 0.6 is 23.2 Å². The van der Waals surface area contributed by atoms with Crippen LogP contribution in [0.15, 0.2) is 42.5 Å². The van der Waals surface area contributed by atoms with Crippen molar-refractivity contribution < 1.29 is 9.50 Å². The van der Waals surface area contributed by atoms with Gasteiger partial charge in [0.1, 0.15) is 5.82 Å². The van der Waals surface area contributed by atoms with Crippen LogP contribution in [-0.2, 0) is 11.8 Å². The van der Waals surface area contributed by atoms with Crippen molar-refractivity contribution in [2.45, 2.75) is 31.8 Å². The van der Waals surface area contributed by atoms with Crippen LogP contribution in [0.3, 0.4) is 0 Å². The number of hydrogen-bond acceptors (Lipinski definition) is 1. The summed E-state index contributed by atoms with van der Waals surface area (Å²) in [6.07, 6.45) is -0.358. The smallest absolute Gasteiger partial charge is 0.123 e. The first kappa shape index (κ1) is 16.3. The summed E-state index contributed by atoms with van der Waals surface area (Å²) in [5.74, 6) is -0.293. The number of halogens is 3. The molecular weight excluding hydrogens is 310 g/mol. The molecule has 0 aliphatic carbocycles. The Bertz CT molecular complexity index is 603. The molecule has 0 saturated carbocycles. The molecule has 2 aromatic rings. The molecule has 112 valence electrons. The van der Waals surface area contributed by atoms with E-state index in [4.69, 9.17) is 23.2 Å². The molecule has 4 heteroatoms. The lowest BCUT2D eigenvalue weighted by molar-refractivity contribution is 0.1000. The largest absolute Gasteiger partial charge is 0.392 e. The van der Waals surface area contributed by atoms with E-state index in [-0.39, 0.29) is 5.82 Å². The fraction of sp³-hybridized carbons (Fsp3) is 0.294. The van der Waals surface area contributed by atoms with Crippen molar-refractivity contribution in [3.63, 3.8) is 0 Å². The van der Waals surface area contributed by atoms with Crippen LogP contribution in [0.2, 0.25) is 10.0 Å². The highest BCUT2D eigenvalue weighted by Gasteiger charge is 2.30. The van der Waals surface area contributed by atoms with Crippen LogP contribution in [0, 0.1) is 5.82 Å². The van der Waals surface area contributed by atoms with E-state index in [0.29, 0.717) is 16.5 Å². The molecule has 0 heterocycles. The molecule has 0 bridgehead atoms. The van der Waals surface area contributed by atoms with Crippen LogP contribution in [0.25, 0.3) is 0 Å². The molecule has 0 fully saturated rings. The van der Waals surface area contributed by atoms with Gasteiger partial charge in [0.25, 0.3) is 0 Å². The maximum atomic E-state index is 13.0. The molecule has 0 aromatic heterocycles. The fourth-order valence-electron chi connectivity index (χ4n) is 2.25. The summed E-state index contributed by atoms with van der Waals surface area (Å²) in [4.78, 5) is 0. The third-order valence-electron chi connectivity index (χ3n) is 3.88. The molecule has 0 aliphatic rings. The number of aliphatic hydroxyl groups is 1. The van der Waals surface area contributed by atoms with E-state index in [2.05, 4.69) is 0 Å². The summed E-state index contributed by atoms with van der Waals surface area (Å²) in [7, 11) is 0. The summed E-state index contributed by atoms with van der Waals surface area (Å²) < 4.78 is 13.0. The number of rotatable bonds is 4. The zero-order valence-electron chi connectivity index (χ0n) is 11.9. The SMILES string of the molecule is CC(C)(c1ccc(F)cc1)C(O)Cc1c(Cl)cccc1Cl. The monoisotopic (exact) mass is 326 g/mol. The standard InChI is InChI=1S/C17H17Cl2FO/c1-17(2,11-6-8-12(20)9-7-11)16(21)10-13-14(18)4-3-5-15(13)19/h3-9,16,21H,10H2,1-2H3. The Hall–Kier alpha value is -1.09. The van der Waals surface area contributed by atoms with E-state index in [0.717, 1.165) is 11.1 Å². The zero-order chi connectivity index (χ0) is 15.6. The maximum Gasteiger partial charge on any atom is 0.123 e. The van der Waals surface area contributed by atoms with Gasteiger partial charge >= 0.3 is 0 Å². The van der Waals surface area contributed by atoms with Crippen molar-refractivity contribution in [1.29, 1.82) is 0 Å². The topological polar surface area (TPSA) is 20.2 Å². The van der Waals surface area contributed by atoms with Crippen LogP contribution in [0.1, 0.15) is 25.0 Å². The number of aliphatic hydroxyl groups excluding tert-OH is 1. The highest BCUT2D eigenvalue weighted by molar-refractivity contribution is 6.36. The second-order valence-electron chi connectivity index (χ2n) is 5.65. The molecule has 1 nitrogen and oxygen atoms in total. The average Bonchev–Trinajstić information content (AvgIpc) is 2.43. The van der Waals surface area contributed by atoms with Crippen molar-refractivity contribution in [1.82, 2.24) is 0 Å². The first-order chi connectivity index (χ1) is 9.82. The molecule has 1 N–H and O–H groups in total. The quantitative estimate of drug-likeness (QED) is 0.836. The first-order valence-electron chi connectivity index (χ1n) is 6.69. The van der Waals surface area contributed by atoms with Crippen molar-refractivity contribution in [3.05, 3.63) is 69.5 Å². The summed E-state index contributed by atoms with van der Waals surface area (Å²) in [6.45, 7) is 3.82. The Balaban J connectivity index is 2.26. The van der Waals surface area contributed by atoms with Gasteiger partial charge in [-0.05, 0) is 35.4 Å². The van der Waals surface area contributed by atoms with Crippen molar-refractivity contribution in [3.8, 4) is 0 Å². The maximum absolute atomic E-state index is 13.0. The third-order valence-corrected chi connectivity index (χ3v) is 4.59. The van der Waals surface area contributed by atoms with Crippen LogP contribution in [0.4, 0.5) is 4.39 Å². The average molecular weight is 327 g/mol. The molecule has 0 spiro atoms. The lowest BCUT2D eigenvalue weighted by Gasteiger charge is -2.31. The van der Waals surface area contributed by atoms with Crippen molar-refractivity contribution in [2.24, 2.45) is 0 Å². The van der Waals surface area contributed by atoms with Gasteiger partial charge < -0.3 is 5.11 Å². The highest BCUT2D eigenvalue weighted by Crippen LogP contribution is 2.33. The summed E-state index contributed by atoms with van der Waals surface area (Å²) in [6, 6.07) is 11.4. The van der Waals surface area contributed by atoms with Gasteiger partial charge in [-0.3, -0.25) is 0 Å². The number of hydrogen-bond donors (Lipinski definition) is 1. The molecule has 1 atom stereocenters. The summed E-state index contributed by atoms with van der Waals surface area (Å²) in [5, 5.41) is 11.7. The lowest BCUT2D eigenvalue weighted by atomic mass is 9.77. The molecule has 0 amide bonds. The van der Waals surface area contributed by atoms with Crippen LogP contribution < -0.4 is 0 Å². The Kier molecular flexibility index (Phi) is 4.92. The van der Waals surface area contributed by atoms with Gasteiger partial charge in [-0.1, -0.05) is 55.2 Å². The van der Waals surface area contributed by atoms with E-state index in [9.17, 15) is 9.50 Å². The summed E-state index contributed by atoms with van der Waals surface area (Å²) >= 11 is 12.3. The lowest BCUT2D eigenvalue weighted by Crippen LogP contribution is -2.35. The Labute approximate surface area is 134 Å². The molecule has 0 radical (unpaired) electrons. The normalized spacial score (nSPS) is 13.2. The molecule has 0 saturated heterocycles. The molecule has 2 rings (SSSR count). The van der Waals surface area contributed by atoms with Gasteiger partial charge in [0, 0.05) is 21.9 Å². The van der Waals surface area contributed by atoms with Crippen LogP contribution in [0.5, 0.6) is 0 Å². The van der Waals surface area contributed by atoms with E-state index < -0.39 is 11.5 Å². The minimum atomic E-state index is -0.694. The third kappa shape index (κ3) is 3.57. The fourth-order valence-corrected chi connectivity index (χ4v) is 2.80. The Morgan fingerprint density at radius 3 is 2.10 bits per heavy atom. The predicted molar refractivity (Wildman–Crippen MR) is 85.6 cm³/mol.